The van der Waals surface area contributed by atoms with E-state index in [4.69, 9.17) is 11.6 Å². The van der Waals surface area contributed by atoms with E-state index in [1.54, 1.807) is 12.4 Å². The molecule has 16 heavy (non-hydrogen) atoms. The molecule has 0 aromatic carbocycles. The smallest absolute Gasteiger partial charge is 0.149 e. The summed E-state index contributed by atoms with van der Waals surface area (Å²) in [6.07, 6.45) is 4.59. The van der Waals surface area contributed by atoms with Gasteiger partial charge in [0, 0.05) is 43.5 Å². The number of hydrogen-bond donors (Lipinski definition) is 0. The fourth-order valence-electron chi connectivity index (χ4n) is 1.32. The van der Waals surface area contributed by atoms with Crippen LogP contribution in [0.4, 0.5) is 5.69 Å². The molecule has 0 radical (unpaired) electrons. The summed E-state index contributed by atoms with van der Waals surface area (Å²) >= 11 is 5.78. The Bertz CT molecular complexity index is 448. The molecule has 1 aromatic heterocycles. The number of pyridine rings is 1. The summed E-state index contributed by atoms with van der Waals surface area (Å²) in [6, 6.07) is 1.83. The fourth-order valence-corrected chi connectivity index (χ4v) is 2.13. The first kappa shape index (κ1) is 13.3. The third kappa shape index (κ3) is 3.98. The average Bonchev–Trinajstić information content (AvgIpc) is 2.25. The van der Waals surface area contributed by atoms with Crippen molar-refractivity contribution in [2.24, 2.45) is 0 Å². The van der Waals surface area contributed by atoms with Crippen LogP contribution in [0.5, 0.6) is 0 Å². The molecule has 0 aliphatic heterocycles. The van der Waals surface area contributed by atoms with Crippen LogP contribution in [0, 0.1) is 0 Å². The van der Waals surface area contributed by atoms with Crippen molar-refractivity contribution in [1.82, 2.24) is 4.98 Å². The van der Waals surface area contributed by atoms with E-state index >= 15 is 0 Å². The average molecular weight is 263 g/mol. The van der Waals surface area contributed by atoms with Crippen LogP contribution >= 0.6 is 11.6 Å². The lowest BCUT2D eigenvalue weighted by Crippen LogP contribution is -2.25. The Balaban J connectivity index is 2.76. The van der Waals surface area contributed by atoms with E-state index in [0.717, 1.165) is 11.3 Å². The SMILES string of the molecule is CN(CCS(C)(=O)=O)c1ccncc1CCl. The lowest BCUT2D eigenvalue weighted by atomic mass is 10.2. The molecular weight excluding hydrogens is 248 g/mol. The van der Waals surface area contributed by atoms with Gasteiger partial charge in [-0.2, -0.15) is 0 Å². The van der Waals surface area contributed by atoms with Gasteiger partial charge in [-0.25, -0.2) is 8.42 Å². The molecule has 0 N–H and O–H groups in total. The molecule has 0 aliphatic carbocycles. The van der Waals surface area contributed by atoms with Gasteiger partial charge >= 0.3 is 0 Å². The zero-order chi connectivity index (χ0) is 12.2. The Morgan fingerprint density at radius 3 is 2.75 bits per heavy atom. The van der Waals surface area contributed by atoms with Gasteiger partial charge in [0.1, 0.15) is 9.84 Å². The highest BCUT2D eigenvalue weighted by Gasteiger charge is 2.09. The fraction of sp³-hybridized carbons (Fsp3) is 0.500. The van der Waals surface area contributed by atoms with Gasteiger partial charge in [0.2, 0.25) is 0 Å². The molecule has 90 valence electrons. The first-order valence-corrected chi connectivity index (χ1v) is 7.41. The van der Waals surface area contributed by atoms with E-state index in [1.165, 1.54) is 6.26 Å². The molecule has 1 aromatic rings. The van der Waals surface area contributed by atoms with Crippen molar-refractivity contribution in [3.63, 3.8) is 0 Å². The Morgan fingerprint density at radius 1 is 1.50 bits per heavy atom. The van der Waals surface area contributed by atoms with Gasteiger partial charge in [-0.15, -0.1) is 11.6 Å². The van der Waals surface area contributed by atoms with E-state index in [-0.39, 0.29) is 5.75 Å². The van der Waals surface area contributed by atoms with Gasteiger partial charge in [0.25, 0.3) is 0 Å². The predicted molar refractivity (Wildman–Crippen MR) is 66.8 cm³/mol. The van der Waals surface area contributed by atoms with Crippen LogP contribution in [-0.2, 0) is 15.7 Å². The molecule has 1 rings (SSSR count). The van der Waals surface area contributed by atoms with E-state index in [9.17, 15) is 8.42 Å². The minimum atomic E-state index is -2.94. The Morgan fingerprint density at radius 2 is 2.19 bits per heavy atom. The lowest BCUT2D eigenvalue weighted by Gasteiger charge is -2.20. The van der Waals surface area contributed by atoms with Gasteiger partial charge in [-0.3, -0.25) is 4.98 Å². The van der Waals surface area contributed by atoms with Crippen LogP contribution in [-0.4, -0.2) is 39.0 Å². The topological polar surface area (TPSA) is 50.3 Å². The molecular formula is C10H15ClN2O2S. The summed E-state index contributed by atoms with van der Waals surface area (Å²) in [5, 5.41) is 0. The number of anilines is 1. The van der Waals surface area contributed by atoms with E-state index in [2.05, 4.69) is 4.98 Å². The second kappa shape index (κ2) is 5.50. The first-order valence-electron chi connectivity index (χ1n) is 4.82. The summed E-state index contributed by atoms with van der Waals surface area (Å²) in [6.45, 7) is 0.451. The summed E-state index contributed by atoms with van der Waals surface area (Å²) in [5.74, 6) is 0.500. The van der Waals surface area contributed by atoms with Crippen LogP contribution in [0.2, 0.25) is 0 Å². The maximum atomic E-state index is 11.1. The molecule has 6 heteroatoms. The van der Waals surface area contributed by atoms with Gasteiger partial charge < -0.3 is 4.90 Å². The molecule has 0 atom stereocenters. The number of sulfone groups is 1. The summed E-state index contributed by atoms with van der Waals surface area (Å²) in [4.78, 5) is 5.85. The van der Waals surface area contributed by atoms with Crippen molar-refractivity contribution in [3.8, 4) is 0 Å². The molecule has 4 nitrogen and oxygen atoms in total. The first-order chi connectivity index (χ1) is 7.44. The van der Waals surface area contributed by atoms with Crippen molar-refractivity contribution in [1.29, 1.82) is 0 Å². The third-order valence-electron chi connectivity index (χ3n) is 2.23. The maximum Gasteiger partial charge on any atom is 0.149 e. The van der Waals surface area contributed by atoms with Crippen LogP contribution in [0.3, 0.4) is 0 Å². The number of alkyl halides is 1. The Hall–Kier alpha value is -0.810. The van der Waals surface area contributed by atoms with E-state index < -0.39 is 9.84 Å². The quantitative estimate of drug-likeness (QED) is 0.751. The standard InChI is InChI=1S/C10H15ClN2O2S/c1-13(5-6-16(2,14)15)10-3-4-12-8-9(10)7-11/h3-4,8H,5-7H2,1-2H3. The predicted octanol–water partition coefficient (Wildman–Crippen LogP) is 1.30. The largest absolute Gasteiger partial charge is 0.373 e. The Labute approximate surface area is 101 Å². The minimum Gasteiger partial charge on any atom is -0.373 e. The van der Waals surface area contributed by atoms with Gasteiger partial charge in [-0.1, -0.05) is 0 Å². The van der Waals surface area contributed by atoms with Crippen molar-refractivity contribution in [2.45, 2.75) is 5.88 Å². The molecule has 0 aliphatic rings. The van der Waals surface area contributed by atoms with Gasteiger partial charge in [-0.05, 0) is 6.07 Å². The highest BCUT2D eigenvalue weighted by atomic mass is 35.5. The lowest BCUT2D eigenvalue weighted by molar-refractivity contribution is 0.601. The second-order valence-corrected chi connectivity index (χ2v) is 6.22. The molecule has 0 amide bonds. The summed E-state index contributed by atoms with van der Waals surface area (Å²) in [7, 11) is -1.09. The van der Waals surface area contributed by atoms with Crippen LogP contribution in [0.15, 0.2) is 18.5 Å². The van der Waals surface area contributed by atoms with Crippen molar-refractivity contribution in [2.75, 3.05) is 30.5 Å². The third-order valence-corrected chi connectivity index (χ3v) is 3.44. The number of aromatic nitrogens is 1. The number of nitrogens with zero attached hydrogens (tertiary/aromatic N) is 2. The molecule has 1 heterocycles. The molecule has 0 unspecified atom stereocenters. The van der Waals surface area contributed by atoms with Crippen molar-refractivity contribution < 1.29 is 8.42 Å². The number of halogens is 1. The van der Waals surface area contributed by atoms with Crippen LogP contribution in [0.25, 0.3) is 0 Å². The zero-order valence-electron chi connectivity index (χ0n) is 9.35. The van der Waals surface area contributed by atoms with Gasteiger partial charge in [0.05, 0.1) is 11.6 Å². The second-order valence-electron chi connectivity index (χ2n) is 3.69. The molecule has 0 saturated heterocycles. The van der Waals surface area contributed by atoms with Crippen LogP contribution in [0.1, 0.15) is 5.56 Å². The van der Waals surface area contributed by atoms with Crippen LogP contribution < -0.4 is 4.90 Å². The Kier molecular flexibility index (Phi) is 4.56. The highest BCUT2D eigenvalue weighted by Crippen LogP contribution is 2.19. The maximum absolute atomic E-state index is 11.1. The zero-order valence-corrected chi connectivity index (χ0v) is 10.9. The highest BCUT2D eigenvalue weighted by molar-refractivity contribution is 7.90. The number of rotatable bonds is 5. The minimum absolute atomic E-state index is 0.132. The monoisotopic (exact) mass is 262 g/mol. The summed E-state index contributed by atoms with van der Waals surface area (Å²) < 4.78 is 22.1. The van der Waals surface area contributed by atoms with E-state index in [0.29, 0.717) is 12.4 Å². The van der Waals surface area contributed by atoms with Gasteiger partial charge in [0.15, 0.2) is 0 Å². The molecule has 0 spiro atoms. The normalized spacial score (nSPS) is 11.4. The number of hydrogen-bond acceptors (Lipinski definition) is 4. The molecule has 0 saturated carbocycles. The van der Waals surface area contributed by atoms with Crippen molar-refractivity contribution in [3.05, 3.63) is 24.0 Å². The summed E-state index contributed by atoms with van der Waals surface area (Å²) in [5.41, 5.74) is 1.83. The molecule has 0 fully saturated rings. The van der Waals surface area contributed by atoms with E-state index in [1.807, 2.05) is 18.0 Å². The molecule has 0 bridgehead atoms. The van der Waals surface area contributed by atoms with Crippen molar-refractivity contribution >= 4 is 27.1 Å².